The van der Waals surface area contributed by atoms with Crippen LogP contribution in [0.1, 0.15) is 30.3 Å². The Morgan fingerprint density at radius 2 is 2.14 bits per heavy atom. The molecule has 0 atom stereocenters. The molecular weight excluding hydrogens is 284 g/mol. The number of likely N-dealkylation sites (tertiary alicyclic amines) is 1. The van der Waals surface area contributed by atoms with Crippen molar-refractivity contribution in [3.8, 4) is 0 Å². The van der Waals surface area contributed by atoms with Gasteiger partial charge in [0.15, 0.2) is 5.13 Å². The average Bonchev–Trinajstić information content (AvgIpc) is 2.88. The molecule has 0 aliphatic carbocycles. The van der Waals surface area contributed by atoms with Gasteiger partial charge >= 0.3 is 0 Å². The largest absolute Gasteiger partial charge is 0.378 e. The second kappa shape index (κ2) is 8.08. The van der Waals surface area contributed by atoms with Crippen LogP contribution < -0.4 is 10.2 Å². The lowest BCUT2D eigenvalue weighted by Crippen LogP contribution is -2.41. The van der Waals surface area contributed by atoms with Crippen LogP contribution >= 0.6 is 11.3 Å². The summed E-state index contributed by atoms with van der Waals surface area (Å²) in [6.45, 7) is 6.94. The molecule has 21 heavy (non-hydrogen) atoms. The van der Waals surface area contributed by atoms with Gasteiger partial charge in [0.25, 0.3) is 0 Å². The van der Waals surface area contributed by atoms with Crippen molar-refractivity contribution in [3.63, 3.8) is 0 Å². The summed E-state index contributed by atoms with van der Waals surface area (Å²) < 4.78 is 5.29. The van der Waals surface area contributed by atoms with Gasteiger partial charge < -0.3 is 19.9 Å². The van der Waals surface area contributed by atoms with Crippen molar-refractivity contribution in [2.45, 2.75) is 39.0 Å². The molecule has 1 N–H and O–H groups in total. The number of aromatic nitrogens is 1. The summed E-state index contributed by atoms with van der Waals surface area (Å²) >= 11 is 1.80. The number of hydrogen-bond acceptors (Lipinski definition) is 6. The van der Waals surface area contributed by atoms with Crippen molar-refractivity contribution < 1.29 is 4.74 Å². The van der Waals surface area contributed by atoms with E-state index in [1.807, 2.05) is 0 Å². The van der Waals surface area contributed by atoms with E-state index in [9.17, 15) is 0 Å². The van der Waals surface area contributed by atoms with E-state index in [0.717, 1.165) is 23.9 Å². The quantitative estimate of drug-likeness (QED) is 0.833. The van der Waals surface area contributed by atoms with Gasteiger partial charge in [0, 0.05) is 31.6 Å². The molecule has 1 aliphatic heterocycles. The highest BCUT2D eigenvalue weighted by Gasteiger charge is 2.23. The third-order valence-electron chi connectivity index (χ3n) is 4.12. The van der Waals surface area contributed by atoms with Gasteiger partial charge in [-0.2, -0.15) is 0 Å². The molecule has 0 spiro atoms. The fourth-order valence-corrected chi connectivity index (χ4v) is 3.75. The maximum Gasteiger partial charge on any atom is 0.185 e. The fraction of sp³-hybridized carbons (Fsp3) is 0.800. The highest BCUT2D eigenvalue weighted by atomic mass is 32.1. The number of nitrogens with one attached hydrogen (secondary N) is 1. The molecule has 2 rings (SSSR count). The maximum absolute atomic E-state index is 5.29. The average molecular weight is 312 g/mol. The maximum atomic E-state index is 5.29. The number of methoxy groups -OCH3 is 1. The zero-order valence-electron chi connectivity index (χ0n) is 13.7. The SMILES string of the molecule is CCNCc1sc(N(C)C2CCN(C)CC2)nc1COC. The van der Waals surface area contributed by atoms with Crippen LogP contribution in [-0.4, -0.2) is 56.8 Å². The fourth-order valence-electron chi connectivity index (χ4n) is 2.69. The Balaban J connectivity index is 2.07. The first kappa shape index (κ1) is 16.7. The zero-order valence-corrected chi connectivity index (χ0v) is 14.5. The van der Waals surface area contributed by atoms with E-state index in [0.29, 0.717) is 12.6 Å². The van der Waals surface area contributed by atoms with Crippen LogP contribution in [0.5, 0.6) is 0 Å². The second-order valence-electron chi connectivity index (χ2n) is 5.73. The van der Waals surface area contributed by atoms with Gasteiger partial charge in [-0.15, -0.1) is 11.3 Å². The Morgan fingerprint density at radius 3 is 2.76 bits per heavy atom. The normalized spacial score (nSPS) is 17.3. The minimum Gasteiger partial charge on any atom is -0.378 e. The third-order valence-corrected chi connectivity index (χ3v) is 5.31. The number of anilines is 1. The van der Waals surface area contributed by atoms with Crippen LogP contribution in [0.3, 0.4) is 0 Å². The van der Waals surface area contributed by atoms with Crippen molar-refractivity contribution in [1.29, 1.82) is 0 Å². The topological polar surface area (TPSA) is 40.6 Å². The predicted molar refractivity (Wildman–Crippen MR) is 89.1 cm³/mol. The first-order chi connectivity index (χ1) is 10.2. The zero-order chi connectivity index (χ0) is 15.2. The Hall–Kier alpha value is -0.690. The molecule has 1 saturated heterocycles. The molecule has 0 unspecified atom stereocenters. The number of hydrogen-bond donors (Lipinski definition) is 1. The monoisotopic (exact) mass is 312 g/mol. The van der Waals surface area contributed by atoms with Crippen LogP contribution in [0.4, 0.5) is 5.13 Å². The molecule has 1 aromatic rings. The van der Waals surface area contributed by atoms with Gasteiger partial charge in [-0.05, 0) is 39.5 Å². The van der Waals surface area contributed by atoms with Crippen LogP contribution in [-0.2, 0) is 17.9 Å². The summed E-state index contributed by atoms with van der Waals surface area (Å²) in [5, 5.41) is 4.52. The van der Waals surface area contributed by atoms with Gasteiger partial charge in [-0.3, -0.25) is 0 Å². The molecule has 1 aromatic heterocycles. The molecule has 2 heterocycles. The van der Waals surface area contributed by atoms with Gasteiger partial charge in [0.2, 0.25) is 0 Å². The Bertz CT molecular complexity index is 429. The van der Waals surface area contributed by atoms with E-state index < -0.39 is 0 Å². The van der Waals surface area contributed by atoms with E-state index in [4.69, 9.17) is 9.72 Å². The number of nitrogens with zero attached hydrogens (tertiary/aromatic N) is 3. The molecule has 6 heteroatoms. The Kier molecular flexibility index (Phi) is 6.41. The summed E-state index contributed by atoms with van der Waals surface area (Å²) in [6.07, 6.45) is 2.43. The second-order valence-corrected chi connectivity index (χ2v) is 6.79. The lowest BCUT2D eigenvalue weighted by Gasteiger charge is -2.34. The van der Waals surface area contributed by atoms with Crippen molar-refractivity contribution >= 4 is 16.5 Å². The van der Waals surface area contributed by atoms with Gasteiger partial charge in [0.1, 0.15) is 0 Å². The van der Waals surface area contributed by atoms with E-state index in [2.05, 4.69) is 36.1 Å². The first-order valence-electron chi connectivity index (χ1n) is 7.75. The summed E-state index contributed by atoms with van der Waals surface area (Å²) in [7, 11) is 6.12. The van der Waals surface area contributed by atoms with Crippen molar-refractivity contribution in [1.82, 2.24) is 15.2 Å². The summed E-state index contributed by atoms with van der Waals surface area (Å²) in [5.74, 6) is 0. The molecule has 1 aliphatic rings. The van der Waals surface area contributed by atoms with Gasteiger partial charge in [-0.1, -0.05) is 6.92 Å². The molecular formula is C15H28N4OS. The van der Waals surface area contributed by atoms with E-state index in [-0.39, 0.29) is 0 Å². The molecule has 0 radical (unpaired) electrons. The lowest BCUT2D eigenvalue weighted by atomic mass is 10.0. The van der Waals surface area contributed by atoms with Crippen LogP contribution in [0, 0.1) is 0 Å². The summed E-state index contributed by atoms with van der Waals surface area (Å²) in [4.78, 5) is 10.9. The van der Waals surface area contributed by atoms with E-state index in [1.165, 1.54) is 30.8 Å². The molecule has 0 amide bonds. The predicted octanol–water partition coefficient (Wildman–Crippen LogP) is 1.93. The lowest BCUT2D eigenvalue weighted by molar-refractivity contribution is 0.181. The van der Waals surface area contributed by atoms with Crippen LogP contribution in [0.2, 0.25) is 0 Å². The van der Waals surface area contributed by atoms with Gasteiger partial charge in [-0.25, -0.2) is 4.98 Å². The number of ether oxygens (including phenoxy) is 1. The Labute approximate surface area is 132 Å². The third kappa shape index (κ3) is 4.39. The van der Waals surface area contributed by atoms with Crippen LogP contribution in [0.25, 0.3) is 0 Å². The Morgan fingerprint density at radius 1 is 1.43 bits per heavy atom. The van der Waals surface area contributed by atoms with Crippen molar-refractivity contribution in [3.05, 3.63) is 10.6 Å². The summed E-state index contributed by atoms with van der Waals surface area (Å²) in [6, 6.07) is 0.606. The molecule has 0 bridgehead atoms. The van der Waals surface area contributed by atoms with E-state index in [1.54, 1.807) is 18.4 Å². The number of thiazole rings is 1. The minimum atomic E-state index is 0.596. The smallest absolute Gasteiger partial charge is 0.185 e. The van der Waals surface area contributed by atoms with Crippen molar-refractivity contribution in [2.24, 2.45) is 0 Å². The summed E-state index contributed by atoms with van der Waals surface area (Å²) in [5.41, 5.74) is 1.08. The molecule has 0 aromatic carbocycles. The first-order valence-corrected chi connectivity index (χ1v) is 8.57. The van der Waals surface area contributed by atoms with Gasteiger partial charge in [0.05, 0.1) is 12.3 Å². The highest BCUT2D eigenvalue weighted by Crippen LogP contribution is 2.29. The minimum absolute atomic E-state index is 0.596. The number of rotatable bonds is 7. The van der Waals surface area contributed by atoms with Crippen molar-refractivity contribution in [2.75, 3.05) is 45.7 Å². The molecule has 120 valence electrons. The van der Waals surface area contributed by atoms with Crippen LogP contribution in [0.15, 0.2) is 0 Å². The molecule has 0 saturated carbocycles. The standard InChI is InChI=1S/C15H28N4OS/c1-5-16-10-14-13(11-20-4)17-15(21-14)19(3)12-6-8-18(2)9-7-12/h12,16H,5-11H2,1-4H3. The number of piperidine rings is 1. The molecule has 1 fully saturated rings. The molecule has 5 nitrogen and oxygen atoms in total. The highest BCUT2D eigenvalue weighted by molar-refractivity contribution is 7.15. The van der Waals surface area contributed by atoms with E-state index >= 15 is 0 Å².